The molecule has 0 aliphatic heterocycles. The third kappa shape index (κ3) is 12.1. The molecule has 0 aromatic rings. The molecule has 2 aliphatic carbocycles. The molecule has 0 amide bonds. The predicted molar refractivity (Wildman–Crippen MR) is 203 cm³/mol. The van der Waals surface area contributed by atoms with Gasteiger partial charge in [-0.05, 0) is 69.9 Å². The van der Waals surface area contributed by atoms with Crippen molar-refractivity contribution >= 4 is 23.5 Å². The lowest BCUT2D eigenvalue weighted by molar-refractivity contribution is -0.156. The maximum Gasteiger partial charge on any atom is 0.309 e. The largest absolute Gasteiger partial charge is 0.458 e. The lowest BCUT2D eigenvalue weighted by Gasteiger charge is -2.34. The van der Waals surface area contributed by atoms with Crippen LogP contribution in [-0.2, 0) is 28.7 Å². The van der Waals surface area contributed by atoms with Gasteiger partial charge in [0, 0.05) is 17.8 Å². The number of rotatable bonds is 17. The van der Waals surface area contributed by atoms with E-state index in [2.05, 4.69) is 0 Å². The van der Waals surface area contributed by atoms with Crippen LogP contribution in [0.25, 0.3) is 0 Å². The molecule has 52 heavy (non-hydrogen) atoms. The lowest BCUT2D eigenvalue weighted by Crippen LogP contribution is -2.45. The van der Waals surface area contributed by atoms with E-state index < -0.39 is 59.0 Å². The SMILES string of the molecule is CC1=C(C)[C@@H](OC(=O)C[C@H](O)C(C)(C)C(=O)[C@H](C)[C@@H](O)C(C)C)CC1.CC[C@H](C)[C@H](O)[C@@H](C)C(=O)C(C)(C)[C@@H](O)CC(=O)O[C@@H]1C(C)=C(C)C[C@H]1C. The molecule has 0 aromatic heterocycles. The van der Waals surface area contributed by atoms with Crippen LogP contribution >= 0.6 is 0 Å². The van der Waals surface area contributed by atoms with Crippen molar-refractivity contribution in [1.82, 2.24) is 0 Å². The molecule has 0 radical (unpaired) electrons. The van der Waals surface area contributed by atoms with Gasteiger partial charge in [0.05, 0.1) is 48.1 Å². The maximum atomic E-state index is 12.9. The summed E-state index contributed by atoms with van der Waals surface area (Å²) in [6.45, 7) is 27.4. The molecule has 0 heterocycles. The second kappa shape index (κ2) is 19.8. The summed E-state index contributed by atoms with van der Waals surface area (Å²) in [5.41, 5.74) is 2.35. The maximum absolute atomic E-state index is 12.9. The van der Waals surface area contributed by atoms with Crippen molar-refractivity contribution in [2.24, 2.45) is 40.4 Å². The molecule has 10 nitrogen and oxygen atoms in total. The summed E-state index contributed by atoms with van der Waals surface area (Å²) in [6, 6.07) is 0. The second-order valence-corrected chi connectivity index (χ2v) is 17.3. The molecule has 10 atom stereocenters. The van der Waals surface area contributed by atoms with Crippen molar-refractivity contribution < 1.29 is 49.1 Å². The number of ketones is 2. The van der Waals surface area contributed by atoms with Gasteiger partial charge in [0.25, 0.3) is 0 Å². The number of carbonyl (C=O) groups is 4. The zero-order valence-electron chi connectivity index (χ0n) is 34.8. The van der Waals surface area contributed by atoms with E-state index in [1.54, 1.807) is 41.5 Å². The van der Waals surface area contributed by atoms with Crippen LogP contribution in [0.5, 0.6) is 0 Å². The number of ether oxygens (including phenoxy) is 2. The van der Waals surface area contributed by atoms with Gasteiger partial charge < -0.3 is 29.9 Å². The summed E-state index contributed by atoms with van der Waals surface area (Å²) in [5.74, 6) is -2.54. The average molecular weight is 737 g/mol. The van der Waals surface area contributed by atoms with Gasteiger partial charge in [-0.15, -0.1) is 0 Å². The Balaban J connectivity index is 0.000000522. The van der Waals surface area contributed by atoms with Crippen molar-refractivity contribution in [2.75, 3.05) is 0 Å². The van der Waals surface area contributed by atoms with Crippen molar-refractivity contribution in [3.05, 3.63) is 22.3 Å². The van der Waals surface area contributed by atoms with Crippen molar-refractivity contribution in [1.29, 1.82) is 0 Å². The number of Topliss-reactive ketones (excluding diaryl/α,β-unsaturated/α-hetero) is 2. The number of hydrogen-bond acceptors (Lipinski definition) is 10. The molecule has 300 valence electrons. The Morgan fingerprint density at radius 1 is 0.712 bits per heavy atom. The van der Waals surface area contributed by atoms with Crippen LogP contribution in [0.1, 0.15) is 142 Å². The summed E-state index contributed by atoms with van der Waals surface area (Å²) >= 11 is 0. The quantitative estimate of drug-likeness (QED) is 0.0933. The molecular weight excluding hydrogens is 664 g/mol. The molecule has 2 aliphatic rings. The monoisotopic (exact) mass is 737 g/mol. The normalized spacial score (nSPS) is 23.7. The van der Waals surface area contributed by atoms with E-state index in [4.69, 9.17) is 9.47 Å². The highest BCUT2D eigenvalue weighted by Crippen LogP contribution is 2.36. The number of esters is 2. The Labute approximate surface area is 313 Å². The number of carbonyl (C=O) groups excluding carboxylic acids is 4. The number of aliphatic hydroxyl groups is 4. The van der Waals surface area contributed by atoms with Crippen molar-refractivity contribution in [3.8, 4) is 0 Å². The minimum Gasteiger partial charge on any atom is -0.458 e. The minimum atomic E-state index is -1.16. The molecule has 2 rings (SSSR count). The van der Waals surface area contributed by atoms with Gasteiger partial charge in [-0.1, -0.05) is 93.7 Å². The highest BCUT2D eigenvalue weighted by atomic mass is 16.5. The first-order valence-corrected chi connectivity index (χ1v) is 19.3. The van der Waals surface area contributed by atoms with Crippen LogP contribution in [0.3, 0.4) is 0 Å². The number of aliphatic hydroxyl groups excluding tert-OH is 4. The zero-order valence-corrected chi connectivity index (χ0v) is 34.8. The van der Waals surface area contributed by atoms with Gasteiger partial charge in [0.15, 0.2) is 0 Å². The molecule has 0 aromatic carbocycles. The molecule has 0 bridgehead atoms. The fourth-order valence-corrected chi connectivity index (χ4v) is 7.15. The Bertz CT molecular complexity index is 1310. The summed E-state index contributed by atoms with van der Waals surface area (Å²) in [6.07, 6.45) is -1.44. The fraction of sp³-hybridized carbons (Fsp3) is 0.810. The Morgan fingerprint density at radius 3 is 1.52 bits per heavy atom. The zero-order chi connectivity index (χ0) is 40.6. The van der Waals surface area contributed by atoms with E-state index in [9.17, 15) is 39.6 Å². The molecule has 10 heteroatoms. The molecule has 0 spiro atoms. The summed E-state index contributed by atoms with van der Waals surface area (Å²) in [5, 5.41) is 41.5. The predicted octanol–water partition coefficient (Wildman–Crippen LogP) is 6.69. The van der Waals surface area contributed by atoms with Crippen LogP contribution < -0.4 is 0 Å². The minimum absolute atomic E-state index is 0.0104. The van der Waals surface area contributed by atoms with E-state index >= 15 is 0 Å². The lowest BCUT2D eigenvalue weighted by atomic mass is 9.73. The molecular formula is C42H72O10. The number of allylic oxidation sites excluding steroid dienone is 2. The van der Waals surface area contributed by atoms with E-state index in [0.29, 0.717) is 0 Å². The summed E-state index contributed by atoms with van der Waals surface area (Å²) in [7, 11) is 0. The van der Waals surface area contributed by atoms with Gasteiger partial charge in [0.1, 0.15) is 23.8 Å². The van der Waals surface area contributed by atoms with Gasteiger partial charge in [-0.3, -0.25) is 19.2 Å². The van der Waals surface area contributed by atoms with E-state index in [1.165, 1.54) is 11.1 Å². The standard InChI is InChI=1S/C22H38O5.C20H34O5/c1-9-12(2)19(25)16(6)21(26)22(7,8)17(23)11-18(24)27-20-14(4)10-13(3)15(20)5;1-11(2)18(23)14(5)19(24)20(6,7)16(21)10-17(22)25-15-9-8-12(3)13(15)4/h12,14,16-17,19-20,23,25H,9-11H2,1-8H3;11,14-16,18,21,23H,8-10H2,1-7H3/t12-,14+,16+,17-,19-,20-;14-,15+,16+,18+/m01/s1. The van der Waals surface area contributed by atoms with Gasteiger partial charge >= 0.3 is 11.9 Å². The van der Waals surface area contributed by atoms with Gasteiger partial charge in [-0.25, -0.2) is 0 Å². The summed E-state index contributed by atoms with van der Waals surface area (Å²) < 4.78 is 11.1. The molecule has 4 N–H and O–H groups in total. The van der Waals surface area contributed by atoms with Crippen LogP contribution in [0.2, 0.25) is 0 Å². The van der Waals surface area contributed by atoms with Crippen LogP contribution in [0.4, 0.5) is 0 Å². The second-order valence-electron chi connectivity index (χ2n) is 17.3. The first-order chi connectivity index (χ1) is 23.7. The molecule has 0 fully saturated rings. The highest BCUT2D eigenvalue weighted by molar-refractivity contribution is 5.88. The highest BCUT2D eigenvalue weighted by Gasteiger charge is 2.44. The first-order valence-electron chi connectivity index (χ1n) is 19.3. The Morgan fingerprint density at radius 2 is 1.15 bits per heavy atom. The van der Waals surface area contributed by atoms with Crippen LogP contribution in [-0.4, -0.2) is 80.6 Å². The Hall–Kier alpha value is -2.40. The fourth-order valence-electron chi connectivity index (χ4n) is 7.15. The van der Waals surface area contributed by atoms with E-state index in [1.807, 2.05) is 62.3 Å². The van der Waals surface area contributed by atoms with Crippen LogP contribution in [0, 0.1) is 40.4 Å². The topological polar surface area (TPSA) is 168 Å². The van der Waals surface area contributed by atoms with E-state index in [-0.39, 0.29) is 54.4 Å². The molecule has 0 saturated carbocycles. The van der Waals surface area contributed by atoms with Gasteiger partial charge in [0.2, 0.25) is 0 Å². The first kappa shape index (κ1) is 47.6. The summed E-state index contributed by atoms with van der Waals surface area (Å²) in [4.78, 5) is 50.1. The third-order valence-corrected chi connectivity index (χ3v) is 12.1. The number of hydrogen-bond donors (Lipinski definition) is 4. The van der Waals surface area contributed by atoms with Crippen molar-refractivity contribution in [2.45, 2.75) is 179 Å². The molecule has 0 saturated heterocycles. The van der Waals surface area contributed by atoms with E-state index in [0.717, 1.165) is 36.8 Å². The Kier molecular flexibility index (Phi) is 18.1. The van der Waals surface area contributed by atoms with Gasteiger partial charge in [-0.2, -0.15) is 0 Å². The molecule has 0 unspecified atom stereocenters. The average Bonchev–Trinajstić information content (AvgIpc) is 3.51. The van der Waals surface area contributed by atoms with Crippen molar-refractivity contribution in [3.63, 3.8) is 0 Å². The van der Waals surface area contributed by atoms with Crippen LogP contribution in [0.15, 0.2) is 22.3 Å². The smallest absolute Gasteiger partial charge is 0.309 e. The third-order valence-electron chi connectivity index (χ3n) is 12.1.